The first-order valence-electron chi connectivity index (χ1n) is 9.18. The number of halogens is 2. The van der Waals surface area contributed by atoms with Crippen molar-refractivity contribution in [3.8, 4) is 0 Å². The molecule has 0 amide bonds. The third-order valence-corrected chi connectivity index (χ3v) is 7.14. The van der Waals surface area contributed by atoms with Crippen molar-refractivity contribution >= 4 is 37.8 Å². The van der Waals surface area contributed by atoms with Crippen LogP contribution in [0.4, 0.5) is 0 Å². The summed E-state index contributed by atoms with van der Waals surface area (Å²) < 4.78 is 0. The van der Waals surface area contributed by atoms with Gasteiger partial charge in [-0.05, 0) is 25.7 Å². The standard InChI is InChI=1S/C19H34Br2O2/c1-3-4-5-6-7-11-14-17(20)18(21)15-12-9-8-10-13-16(2)19(22)23/h17-18H,2-15H2,1H3,(H,22,23)/t17-,18-/m0/s1. The molecule has 1 N–H and O–H groups in total. The number of carboxylic acid groups (broad SMARTS) is 1. The van der Waals surface area contributed by atoms with E-state index in [0.717, 1.165) is 12.8 Å². The molecule has 4 heteroatoms. The van der Waals surface area contributed by atoms with Gasteiger partial charge in [0, 0.05) is 15.2 Å². The first-order valence-corrected chi connectivity index (χ1v) is 11.0. The number of carbonyl (C=O) groups is 1. The van der Waals surface area contributed by atoms with Gasteiger partial charge in [0.15, 0.2) is 0 Å². The Balaban J connectivity index is 3.48. The molecule has 2 atom stereocenters. The molecule has 0 spiro atoms. The van der Waals surface area contributed by atoms with Gasteiger partial charge in [-0.3, -0.25) is 0 Å². The van der Waals surface area contributed by atoms with Crippen LogP contribution in [0.15, 0.2) is 12.2 Å². The van der Waals surface area contributed by atoms with Gasteiger partial charge < -0.3 is 5.11 Å². The highest BCUT2D eigenvalue weighted by Crippen LogP contribution is 2.25. The minimum absolute atomic E-state index is 0.336. The molecule has 0 aliphatic heterocycles. The van der Waals surface area contributed by atoms with Crippen molar-refractivity contribution in [1.29, 1.82) is 0 Å². The van der Waals surface area contributed by atoms with Crippen molar-refractivity contribution in [3.63, 3.8) is 0 Å². The lowest BCUT2D eigenvalue weighted by Gasteiger charge is -2.16. The van der Waals surface area contributed by atoms with Crippen LogP contribution in [0.1, 0.15) is 90.4 Å². The average molecular weight is 454 g/mol. The Bertz CT molecular complexity index is 318. The lowest BCUT2D eigenvalue weighted by molar-refractivity contribution is -0.132. The monoisotopic (exact) mass is 452 g/mol. The summed E-state index contributed by atoms with van der Waals surface area (Å²) in [6.07, 6.45) is 15.6. The lowest BCUT2D eigenvalue weighted by atomic mass is 10.0. The van der Waals surface area contributed by atoms with Crippen molar-refractivity contribution in [2.75, 3.05) is 0 Å². The van der Waals surface area contributed by atoms with Gasteiger partial charge >= 0.3 is 5.97 Å². The number of hydrogen-bond acceptors (Lipinski definition) is 1. The highest BCUT2D eigenvalue weighted by molar-refractivity contribution is 9.12. The maximum absolute atomic E-state index is 10.6. The quantitative estimate of drug-likeness (QED) is 0.152. The summed E-state index contributed by atoms with van der Waals surface area (Å²) in [6, 6.07) is 0. The molecule has 0 aromatic carbocycles. The third-order valence-electron chi connectivity index (χ3n) is 4.24. The second-order valence-corrected chi connectivity index (χ2v) is 8.80. The molecule has 2 nitrogen and oxygen atoms in total. The summed E-state index contributed by atoms with van der Waals surface area (Å²) in [7, 11) is 0. The molecular weight excluding hydrogens is 420 g/mol. The van der Waals surface area contributed by atoms with Gasteiger partial charge in [0.05, 0.1) is 0 Å². The summed E-state index contributed by atoms with van der Waals surface area (Å²) in [5, 5.41) is 8.74. The SMILES string of the molecule is C=C(CCCCCC[C@H](Br)[C@@H](Br)CCCCCCCC)C(=O)O. The number of carboxylic acids is 1. The minimum atomic E-state index is -0.859. The van der Waals surface area contributed by atoms with E-state index in [9.17, 15) is 4.79 Å². The smallest absolute Gasteiger partial charge is 0.330 e. The molecule has 0 saturated carbocycles. The Morgan fingerprint density at radius 1 is 0.870 bits per heavy atom. The summed E-state index contributed by atoms with van der Waals surface area (Å²) in [6.45, 7) is 5.82. The van der Waals surface area contributed by atoms with E-state index in [1.165, 1.54) is 64.2 Å². The van der Waals surface area contributed by atoms with Crippen molar-refractivity contribution in [2.24, 2.45) is 0 Å². The van der Waals surface area contributed by atoms with Crippen molar-refractivity contribution in [3.05, 3.63) is 12.2 Å². The van der Waals surface area contributed by atoms with Gasteiger partial charge in [-0.25, -0.2) is 4.79 Å². The summed E-state index contributed by atoms with van der Waals surface area (Å²) >= 11 is 7.63. The molecule has 0 aromatic rings. The van der Waals surface area contributed by atoms with E-state index in [-0.39, 0.29) is 0 Å². The fourth-order valence-corrected chi connectivity index (χ4v) is 3.80. The molecule has 0 rings (SSSR count). The highest BCUT2D eigenvalue weighted by atomic mass is 79.9. The molecule has 0 heterocycles. The zero-order valence-corrected chi connectivity index (χ0v) is 17.8. The van der Waals surface area contributed by atoms with Gasteiger partial charge in [-0.15, -0.1) is 0 Å². The molecule has 0 unspecified atom stereocenters. The van der Waals surface area contributed by atoms with E-state index in [1.54, 1.807) is 0 Å². The van der Waals surface area contributed by atoms with E-state index in [1.807, 2.05) is 0 Å². The van der Waals surface area contributed by atoms with Crippen LogP contribution in [0.5, 0.6) is 0 Å². The van der Waals surface area contributed by atoms with E-state index >= 15 is 0 Å². The molecule has 0 aromatic heterocycles. The number of alkyl halides is 2. The van der Waals surface area contributed by atoms with Gasteiger partial charge in [0.25, 0.3) is 0 Å². The number of hydrogen-bond donors (Lipinski definition) is 1. The van der Waals surface area contributed by atoms with Crippen LogP contribution in [0.25, 0.3) is 0 Å². The van der Waals surface area contributed by atoms with Gasteiger partial charge in [0.1, 0.15) is 0 Å². The van der Waals surface area contributed by atoms with Gasteiger partial charge in [0.2, 0.25) is 0 Å². The van der Waals surface area contributed by atoms with Crippen LogP contribution in [0.3, 0.4) is 0 Å². The minimum Gasteiger partial charge on any atom is -0.478 e. The molecule has 23 heavy (non-hydrogen) atoms. The summed E-state index contributed by atoms with van der Waals surface area (Å²) in [4.78, 5) is 11.8. The van der Waals surface area contributed by atoms with E-state index in [0.29, 0.717) is 21.6 Å². The normalized spacial score (nSPS) is 13.7. The maximum Gasteiger partial charge on any atom is 0.330 e. The zero-order chi connectivity index (χ0) is 17.5. The maximum atomic E-state index is 10.6. The highest BCUT2D eigenvalue weighted by Gasteiger charge is 2.14. The molecule has 0 aliphatic rings. The van der Waals surface area contributed by atoms with E-state index in [4.69, 9.17) is 5.11 Å². The molecular formula is C19H34Br2O2. The van der Waals surface area contributed by atoms with Crippen molar-refractivity contribution in [2.45, 2.75) is 100 Å². The Kier molecular flexibility index (Phi) is 15.8. The first kappa shape index (κ1) is 23.2. The van der Waals surface area contributed by atoms with E-state index < -0.39 is 5.97 Å². The van der Waals surface area contributed by atoms with Crippen LogP contribution in [-0.2, 0) is 4.79 Å². The van der Waals surface area contributed by atoms with Gasteiger partial charge in [-0.1, -0.05) is 103 Å². The molecule has 0 aliphatic carbocycles. The lowest BCUT2D eigenvalue weighted by Crippen LogP contribution is -2.13. The summed E-state index contributed by atoms with van der Waals surface area (Å²) in [5.41, 5.74) is 0.336. The van der Waals surface area contributed by atoms with E-state index in [2.05, 4.69) is 45.4 Å². The largest absolute Gasteiger partial charge is 0.478 e. The molecule has 0 bridgehead atoms. The molecule has 0 fully saturated rings. The fraction of sp³-hybridized carbons (Fsp3) is 0.842. The third kappa shape index (κ3) is 14.2. The molecule has 136 valence electrons. The second-order valence-electron chi connectivity index (χ2n) is 6.45. The Hall–Kier alpha value is 0.170. The fourth-order valence-electron chi connectivity index (χ4n) is 2.62. The number of unbranched alkanes of at least 4 members (excludes halogenated alkanes) is 8. The average Bonchev–Trinajstić information content (AvgIpc) is 2.53. The van der Waals surface area contributed by atoms with Crippen LogP contribution in [0.2, 0.25) is 0 Å². The topological polar surface area (TPSA) is 37.3 Å². The molecule has 0 radical (unpaired) electrons. The zero-order valence-electron chi connectivity index (χ0n) is 14.7. The number of rotatable bonds is 16. The van der Waals surface area contributed by atoms with Crippen molar-refractivity contribution in [1.82, 2.24) is 0 Å². The van der Waals surface area contributed by atoms with Crippen LogP contribution in [0, 0.1) is 0 Å². The summed E-state index contributed by atoms with van der Waals surface area (Å²) in [5.74, 6) is -0.859. The Morgan fingerprint density at radius 3 is 1.78 bits per heavy atom. The predicted octanol–water partition coefficient (Wildman–Crippen LogP) is 7.25. The second kappa shape index (κ2) is 15.7. The van der Waals surface area contributed by atoms with Crippen LogP contribution < -0.4 is 0 Å². The van der Waals surface area contributed by atoms with Crippen LogP contribution >= 0.6 is 31.9 Å². The first-order chi connectivity index (χ1) is 11.0. The molecule has 0 saturated heterocycles. The van der Waals surface area contributed by atoms with Crippen molar-refractivity contribution < 1.29 is 9.90 Å². The van der Waals surface area contributed by atoms with Gasteiger partial charge in [-0.2, -0.15) is 0 Å². The number of aliphatic carboxylic acids is 1. The Morgan fingerprint density at radius 2 is 1.30 bits per heavy atom. The van der Waals surface area contributed by atoms with Crippen LogP contribution in [-0.4, -0.2) is 20.7 Å². The Labute approximate surface area is 159 Å². The predicted molar refractivity (Wildman–Crippen MR) is 108 cm³/mol.